The highest BCUT2D eigenvalue weighted by molar-refractivity contribution is 5.95. The van der Waals surface area contributed by atoms with E-state index in [0.717, 1.165) is 29.9 Å². The highest BCUT2D eigenvalue weighted by Crippen LogP contribution is 2.21. The van der Waals surface area contributed by atoms with Gasteiger partial charge in [-0.25, -0.2) is 0 Å². The predicted molar refractivity (Wildman–Crippen MR) is 98.0 cm³/mol. The van der Waals surface area contributed by atoms with Crippen LogP contribution in [0.2, 0.25) is 0 Å². The molecule has 1 N–H and O–H groups in total. The zero-order valence-corrected chi connectivity index (χ0v) is 14.0. The number of anilines is 1. The van der Waals surface area contributed by atoms with Crippen LogP contribution in [0, 0.1) is 0 Å². The fraction of sp³-hybridized carbons (Fsp3) is 0.250. The van der Waals surface area contributed by atoms with E-state index in [0.29, 0.717) is 19.4 Å². The van der Waals surface area contributed by atoms with Crippen LogP contribution in [0.1, 0.15) is 24.1 Å². The molecule has 25 heavy (non-hydrogen) atoms. The molecule has 1 aliphatic heterocycles. The molecular formula is C20H21N3O2. The summed E-state index contributed by atoms with van der Waals surface area (Å²) in [6, 6.07) is 13.4. The van der Waals surface area contributed by atoms with Gasteiger partial charge in [0.1, 0.15) is 0 Å². The predicted octanol–water partition coefficient (Wildman–Crippen LogP) is 2.58. The first kappa shape index (κ1) is 16.9. The van der Waals surface area contributed by atoms with Gasteiger partial charge in [0.25, 0.3) is 0 Å². The number of aromatic nitrogens is 1. The average molecular weight is 335 g/mol. The minimum Gasteiger partial charge on any atom is -0.352 e. The third-order valence-corrected chi connectivity index (χ3v) is 4.11. The molecule has 1 aliphatic rings. The second kappa shape index (κ2) is 8.24. The number of hydrogen-bond donors (Lipinski definition) is 1. The zero-order valence-electron chi connectivity index (χ0n) is 14.0. The van der Waals surface area contributed by atoms with Crippen molar-refractivity contribution in [2.75, 3.05) is 18.0 Å². The normalized spacial score (nSPS) is 14.2. The van der Waals surface area contributed by atoms with Gasteiger partial charge in [0.15, 0.2) is 0 Å². The molecule has 2 heterocycles. The standard InChI is InChI=1S/C20H21N3O2/c24-19(22-14-12-17-4-1-2-13-21-17)11-8-16-6-9-18(10-7-16)23-15-3-5-20(23)25/h1-2,4,6-11,13H,3,5,12,14-15H2,(H,22,24)/b11-8+. The molecule has 0 saturated carbocycles. The van der Waals surface area contributed by atoms with E-state index in [-0.39, 0.29) is 11.8 Å². The van der Waals surface area contributed by atoms with E-state index in [1.807, 2.05) is 42.5 Å². The van der Waals surface area contributed by atoms with Crippen LogP contribution in [0.15, 0.2) is 54.7 Å². The van der Waals surface area contributed by atoms with Crippen LogP contribution in [-0.4, -0.2) is 29.9 Å². The highest BCUT2D eigenvalue weighted by atomic mass is 16.2. The zero-order chi connectivity index (χ0) is 17.5. The molecule has 0 bridgehead atoms. The lowest BCUT2D eigenvalue weighted by atomic mass is 10.2. The summed E-state index contributed by atoms with van der Waals surface area (Å²) in [6.45, 7) is 1.34. The average Bonchev–Trinajstić information content (AvgIpc) is 3.07. The number of carbonyl (C=O) groups excluding carboxylic acids is 2. The number of nitrogens with zero attached hydrogens (tertiary/aromatic N) is 2. The van der Waals surface area contributed by atoms with Crippen LogP contribution in [0.3, 0.4) is 0 Å². The van der Waals surface area contributed by atoms with Crippen molar-refractivity contribution in [2.45, 2.75) is 19.3 Å². The summed E-state index contributed by atoms with van der Waals surface area (Å²) in [7, 11) is 0. The van der Waals surface area contributed by atoms with Crippen molar-refractivity contribution < 1.29 is 9.59 Å². The van der Waals surface area contributed by atoms with Crippen LogP contribution >= 0.6 is 0 Å². The molecule has 0 aliphatic carbocycles. The summed E-state index contributed by atoms with van der Waals surface area (Å²) in [5.74, 6) is 0.0466. The molecule has 2 aromatic rings. The van der Waals surface area contributed by atoms with Crippen molar-refractivity contribution in [3.05, 3.63) is 66.0 Å². The van der Waals surface area contributed by atoms with Gasteiger partial charge in [0.05, 0.1) is 0 Å². The molecule has 0 spiro atoms. The van der Waals surface area contributed by atoms with E-state index >= 15 is 0 Å². The first-order chi connectivity index (χ1) is 12.2. The van der Waals surface area contributed by atoms with Gasteiger partial charge in [-0.3, -0.25) is 14.6 Å². The lowest BCUT2D eigenvalue weighted by molar-refractivity contribution is -0.117. The maximum absolute atomic E-state index is 11.9. The number of benzene rings is 1. The van der Waals surface area contributed by atoms with Crippen molar-refractivity contribution in [2.24, 2.45) is 0 Å². The van der Waals surface area contributed by atoms with Crippen LogP contribution in [-0.2, 0) is 16.0 Å². The van der Waals surface area contributed by atoms with Gasteiger partial charge in [-0.1, -0.05) is 18.2 Å². The van der Waals surface area contributed by atoms with Crippen LogP contribution in [0.25, 0.3) is 6.08 Å². The Labute approximate surface area is 147 Å². The minimum atomic E-state index is -0.130. The van der Waals surface area contributed by atoms with Crippen LogP contribution in [0.4, 0.5) is 5.69 Å². The molecule has 0 unspecified atom stereocenters. The molecular weight excluding hydrogens is 314 g/mol. The molecule has 128 valence electrons. The Hall–Kier alpha value is -2.95. The van der Waals surface area contributed by atoms with Crippen LogP contribution < -0.4 is 10.2 Å². The Morgan fingerprint density at radius 2 is 2.04 bits per heavy atom. The summed E-state index contributed by atoms with van der Waals surface area (Å²) in [4.78, 5) is 29.6. The molecule has 0 atom stereocenters. The largest absolute Gasteiger partial charge is 0.352 e. The van der Waals surface area contributed by atoms with Crippen molar-refractivity contribution in [1.82, 2.24) is 10.3 Å². The van der Waals surface area contributed by atoms with Crippen molar-refractivity contribution in [1.29, 1.82) is 0 Å². The number of pyridine rings is 1. The topological polar surface area (TPSA) is 62.3 Å². The Kier molecular flexibility index (Phi) is 5.57. The second-order valence-electron chi connectivity index (χ2n) is 5.94. The van der Waals surface area contributed by atoms with Gasteiger partial charge >= 0.3 is 0 Å². The summed E-state index contributed by atoms with van der Waals surface area (Å²) >= 11 is 0. The minimum absolute atomic E-state index is 0.130. The number of carbonyl (C=O) groups is 2. The van der Waals surface area contributed by atoms with Gasteiger partial charge in [-0.15, -0.1) is 0 Å². The van der Waals surface area contributed by atoms with Gasteiger partial charge in [0, 0.05) is 49.6 Å². The summed E-state index contributed by atoms with van der Waals surface area (Å²) in [5.41, 5.74) is 2.80. The Morgan fingerprint density at radius 3 is 2.72 bits per heavy atom. The van der Waals surface area contributed by atoms with Gasteiger partial charge in [-0.05, 0) is 42.3 Å². The van der Waals surface area contributed by atoms with E-state index in [9.17, 15) is 9.59 Å². The number of amides is 2. The molecule has 3 rings (SSSR count). The maximum atomic E-state index is 11.9. The lowest BCUT2D eigenvalue weighted by Crippen LogP contribution is -2.23. The third kappa shape index (κ3) is 4.76. The van der Waals surface area contributed by atoms with Crippen molar-refractivity contribution in [3.8, 4) is 0 Å². The summed E-state index contributed by atoms with van der Waals surface area (Å²) in [6.07, 6.45) is 7.29. The van der Waals surface area contributed by atoms with E-state index < -0.39 is 0 Å². The number of rotatable bonds is 6. The summed E-state index contributed by atoms with van der Waals surface area (Å²) < 4.78 is 0. The monoisotopic (exact) mass is 335 g/mol. The quantitative estimate of drug-likeness (QED) is 0.825. The van der Waals surface area contributed by atoms with E-state index in [1.54, 1.807) is 17.2 Å². The first-order valence-corrected chi connectivity index (χ1v) is 8.48. The van der Waals surface area contributed by atoms with E-state index in [1.165, 1.54) is 6.08 Å². The first-order valence-electron chi connectivity index (χ1n) is 8.48. The molecule has 1 aromatic heterocycles. The molecule has 1 saturated heterocycles. The molecule has 0 radical (unpaired) electrons. The Bertz CT molecular complexity index is 754. The Morgan fingerprint density at radius 1 is 1.20 bits per heavy atom. The third-order valence-electron chi connectivity index (χ3n) is 4.11. The van der Waals surface area contributed by atoms with Crippen LogP contribution in [0.5, 0.6) is 0 Å². The van der Waals surface area contributed by atoms with Gasteiger partial charge in [-0.2, -0.15) is 0 Å². The second-order valence-corrected chi connectivity index (χ2v) is 5.94. The smallest absolute Gasteiger partial charge is 0.244 e. The van der Waals surface area contributed by atoms with E-state index in [4.69, 9.17) is 0 Å². The van der Waals surface area contributed by atoms with Gasteiger partial charge < -0.3 is 10.2 Å². The van der Waals surface area contributed by atoms with Crippen molar-refractivity contribution >= 4 is 23.6 Å². The van der Waals surface area contributed by atoms with E-state index in [2.05, 4.69) is 10.3 Å². The molecule has 1 fully saturated rings. The fourth-order valence-corrected chi connectivity index (χ4v) is 2.78. The fourth-order valence-electron chi connectivity index (χ4n) is 2.78. The SMILES string of the molecule is O=C(/C=C/c1ccc(N2CCCC2=O)cc1)NCCc1ccccn1. The molecule has 2 amide bonds. The summed E-state index contributed by atoms with van der Waals surface area (Å²) in [5, 5.41) is 2.84. The number of hydrogen-bond acceptors (Lipinski definition) is 3. The van der Waals surface area contributed by atoms with Crippen molar-refractivity contribution in [3.63, 3.8) is 0 Å². The molecule has 1 aromatic carbocycles. The molecule has 5 heteroatoms. The maximum Gasteiger partial charge on any atom is 0.244 e. The van der Waals surface area contributed by atoms with Gasteiger partial charge in [0.2, 0.25) is 11.8 Å². The molecule has 5 nitrogen and oxygen atoms in total. The highest BCUT2D eigenvalue weighted by Gasteiger charge is 2.21. The number of nitrogens with one attached hydrogen (secondary N) is 1. The lowest BCUT2D eigenvalue weighted by Gasteiger charge is -2.15. The Balaban J connectivity index is 1.48.